The zero-order valence-electron chi connectivity index (χ0n) is 17.5. The van der Waals surface area contributed by atoms with Crippen LogP contribution in [0.15, 0.2) is 36.2 Å². The fourth-order valence-electron chi connectivity index (χ4n) is 5.49. The van der Waals surface area contributed by atoms with Gasteiger partial charge in [-0.1, -0.05) is 44.0 Å². The lowest BCUT2D eigenvalue weighted by Crippen LogP contribution is -2.25. The Balaban J connectivity index is 1.43. The maximum Gasteiger partial charge on any atom is 0.196 e. The highest BCUT2D eigenvalue weighted by Gasteiger charge is 2.31. The fraction of sp³-hybridized carbons (Fsp3) is 0.654. The fourth-order valence-corrected chi connectivity index (χ4v) is 5.49. The molecular formula is C26H36FN. The lowest BCUT2D eigenvalue weighted by molar-refractivity contribution is 0.171. The number of allylic oxidation sites excluding steroid dienone is 2. The van der Waals surface area contributed by atoms with Gasteiger partial charge in [0.05, 0.1) is 0 Å². The van der Waals surface area contributed by atoms with Crippen molar-refractivity contribution in [3.63, 3.8) is 0 Å². The van der Waals surface area contributed by atoms with Crippen molar-refractivity contribution in [2.45, 2.75) is 89.9 Å². The minimum Gasteiger partial charge on any atom is -0.195 e. The van der Waals surface area contributed by atoms with E-state index in [9.17, 15) is 4.39 Å². The van der Waals surface area contributed by atoms with Gasteiger partial charge in [0.1, 0.15) is 6.07 Å². The molecule has 2 fully saturated rings. The van der Waals surface area contributed by atoms with Crippen molar-refractivity contribution in [1.29, 1.82) is 5.26 Å². The summed E-state index contributed by atoms with van der Waals surface area (Å²) in [5.74, 6) is 2.10. The largest absolute Gasteiger partial charge is 0.196 e. The Labute approximate surface area is 171 Å². The molecule has 28 heavy (non-hydrogen) atoms. The summed E-state index contributed by atoms with van der Waals surface area (Å²) in [6, 6.07) is 11.1. The third-order valence-corrected chi connectivity index (χ3v) is 7.26. The van der Waals surface area contributed by atoms with Gasteiger partial charge in [-0.15, -0.1) is 0 Å². The van der Waals surface area contributed by atoms with Crippen LogP contribution in [0.4, 0.5) is 4.39 Å². The highest BCUT2D eigenvalue weighted by molar-refractivity contribution is 5.26. The second-order valence-corrected chi connectivity index (χ2v) is 9.11. The second-order valence-electron chi connectivity index (χ2n) is 9.11. The zero-order chi connectivity index (χ0) is 19.8. The lowest BCUT2D eigenvalue weighted by Gasteiger charge is -2.37. The first-order valence-electron chi connectivity index (χ1n) is 11.6. The van der Waals surface area contributed by atoms with Gasteiger partial charge in [0.2, 0.25) is 0 Å². The summed E-state index contributed by atoms with van der Waals surface area (Å²) in [5.41, 5.74) is 3.03. The smallest absolute Gasteiger partial charge is 0.195 e. The number of halogens is 1. The van der Waals surface area contributed by atoms with Crippen LogP contribution in [0.25, 0.3) is 0 Å². The summed E-state index contributed by atoms with van der Waals surface area (Å²) < 4.78 is 13.2. The molecule has 0 aliphatic heterocycles. The quantitative estimate of drug-likeness (QED) is 0.348. The summed E-state index contributed by atoms with van der Waals surface area (Å²) in [5, 5.41) is 8.61. The summed E-state index contributed by atoms with van der Waals surface area (Å²) >= 11 is 0. The highest BCUT2D eigenvalue weighted by Crippen LogP contribution is 2.44. The number of aryl methyl sites for hydroxylation is 1. The summed E-state index contributed by atoms with van der Waals surface area (Å²) in [4.78, 5) is 0. The first-order valence-corrected chi connectivity index (χ1v) is 11.6. The predicted molar refractivity (Wildman–Crippen MR) is 115 cm³/mol. The van der Waals surface area contributed by atoms with Crippen molar-refractivity contribution >= 4 is 0 Å². The van der Waals surface area contributed by atoms with Crippen LogP contribution >= 0.6 is 0 Å². The minimum atomic E-state index is -0.597. The van der Waals surface area contributed by atoms with E-state index in [1.807, 2.05) is 0 Å². The van der Waals surface area contributed by atoms with E-state index in [1.165, 1.54) is 69.8 Å². The van der Waals surface area contributed by atoms with Crippen molar-refractivity contribution in [2.24, 2.45) is 17.8 Å². The molecule has 2 heteroatoms. The second kappa shape index (κ2) is 10.8. The van der Waals surface area contributed by atoms with Crippen LogP contribution in [0.1, 0.15) is 94.6 Å². The highest BCUT2D eigenvalue weighted by atomic mass is 19.1. The third kappa shape index (κ3) is 5.94. The van der Waals surface area contributed by atoms with E-state index in [0.717, 1.165) is 30.6 Å². The Morgan fingerprint density at radius 2 is 1.57 bits per heavy atom. The Bertz CT molecular complexity index is 653. The van der Waals surface area contributed by atoms with Gasteiger partial charge in [0, 0.05) is 0 Å². The van der Waals surface area contributed by atoms with Crippen molar-refractivity contribution < 1.29 is 4.39 Å². The van der Waals surface area contributed by atoms with E-state index >= 15 is 0 Å². The number of benzene rings is 1. The number of hydrogen-bond donors (Lipinski definition) is 0. The van der Waals surface area contributed by atoms with Gasteiger partial charge in [0.25, 0.3) is 0 Å². The molecule has 1 aromatic rings. The SMILES string of the molecule is CCCCCc1ccc(C2CCC(C3CCC(C=C(F)C#N)CC3)CC2)cc1. The normalized spacial score (nSPS) is 28.7. The van der Waals surface area contributed by atoms with Crippen LogP contribution in [0.5, 0.6) is 0 Å². The Morgan fingerprint density at radius 1 is 0.964 bits per heavy atom. The van der Waals surface area contributed by atoms with Crippen LogP contribution in [0.3, 0.4) is 0 Å². The Morgan fingerprint density at radius 3 is 2.14 bits per heavy atom. The van der Waals surface area contributed by atoms with Crippen molar-refractivity contribution in [3.05, 3.63) is 47.3 Å². The lowest BCUT2D eigenvalue weighted by atomic mass is 9.68. The average Bonchev–Trinajstić information content (AvgIpc) is 2.75. The molecule has 1 nitrogen and oxygen atoms in total. The zero-order valence-corrected chi connectivity index (χ0v) is 17.5. The van der Waals surface area contributed by atoms with Gasteiger partial charge in [0.15, 0.2) is 5.83 Å². The summed E-state index contributed by atoms with van der Waals surface area (Å²) in [7, 11) is 0. The molecule has 152 valence electrons. The molecule has 2 aliphatic rings. The molecule has 0 atom stereocenters. The van der Waals surface area contributed by atoms with Gasteiger partial charge in [-0.2, -0.15) is 9.65 Å². The van der Waals surface area contributed by atoms with E-state index in [2.05, 4.69) is 31.2 Å². The van der Waals surface area contributed by atoms with E-state index in [1.54, 1.807) is 17.7 Å². The minimum absolute atomic E-state index is 0.281. The molecule has 0 amide bonds. The number of unbranched alkanes of at least 4 members (excludes halogenated alkanes) is 2. The summed E-state index contributed by atoms with van der Waals surface area (Å²) in [6.07, 6.45) is 16.6. The average molecular weight is 382 g/mol. The number of hydrogen-bond acceptors (Lipinski definition) is 1. The molecule has 2 saturated carbocycles. The van der Waals surface area contributed by atoms with Crippen molar-refractivity contribution in [1.82, 2.24) is 0 Å². The monoisotopic (exact) mass is 381 g/mol. The van der Waals surface area contributed by atoms with Gasteiger partial charge in [-0.3, -0.25) is 0 Å². The molecule has 0 unspecified atom stereocenters. The molecule has 0 heterocycles. The van der Waals surface area contributed by atoms with Gasteiger partial charge in [-0.05, 0) is 105 Å². The maximum atomic E-state index is 13.2. The topological polar surface area (TPSA) is 23.8 Å². The number of rotatable bonds is 7. The van der Waals surface area contributed by atoms with Crippen LogP contribution in [-0.2, 0) is 6.42 Å². The first-order chi connectivity index (χ1) is 13.7. The first kappa shape index (κ1) is 21.1. The maximum absolute atomic E-state index is 13.2. The predicted octanol–water partition coefficient (Wildman–Crippen LogP) is 7.88. The standard InChI is InChI=1S/C26H36FN/c1-2-3-4-5-20-6-10-22(11-7-20)24-14-16-25(17-15-24)23-12-8-21(9-13-23)18-26(27)19-28/h6-7,10-11,18,21,23-25H,2-5,8-9,12-17H2,1H3. The van der Waals surface area contributed by atoms with Gasteiger partial charge >= 0.3 is 0 Å². The number of nitriles is 1. The van der Waals surface area contributed by atoms with Crippen molar-refractivity contribution in [3.8, 4) is 6.07 Å². The van der Waals surface area contributed by atoms with Gasteiger partial charge in [-0.25, -0.2) is 0 Å². The van der Waals surface area contributed by atoms with Crippen LogP contribution in [0, 0.1) is 29.1 Å². The molecule has 2 aliphatic carbocycles. The molecule has 1 aromatic carbocycles. The molecule has 3 rings (SSSR count). The van der Waals surface area contributed by atoms with Crippen LogP contribution in [0.2, 0.25) is 0 Å². The van der Waals surface area contributed by atoms with E-state index in [4.69, 9.17) is 5.26 Å². The number of nitrogens with zero attached hydrogens (tertiary/aromatic N) is 1. The van der Waals surface area contributed by atoms with Gasteiger partial charge < -0.3 is 0 Å². The van der Waals surface area contributed by atoms with Crippen LogP contribution in [-0.4, -0.2) is 0 Å². The molecule has 0 spiro atoms. The molecule has 0 radical (unpaired) electrons. The van der Waals surface area contributed by atoms with E-state index in [-0.39, 0.29) is 5.92 Å². The van der Waals surface area contributed by atoms with E-state index < -0.39 is 5.83 Å². The molecule has 0 saturated heterocycles. The van der Waals surface area contributed by atoms with E-state index in [0.29, 0.717) is 0 Å². The molecular weight excluding hydrogens is 345 g/mol. The van der Waals surface area contributed by atoms with Crippen LogP contribution < -0.4 is 0 Å². The Hall–Kier alpha value is -1.62. The molecule has 0 N–H and O–H groups in total. The molecule has 0 bridgehead atoms. The Kier molecular flexibility index (Phi) is 8.13. The molecule has 0 aromatic heterocycles. The summed E-state index contributed by atoms with van der Waals surface area (Å²) in [6.45, 7) is 2.26. The van der Waals surface area contributed by atoms with Crippen molar-refractivity contribution in [2.75, 3.05) is 0 Å². The third-order valence-electron chi connectivity index (χ3n) is 7.26.